The van der Waals surface area contributed by atoms with Gasteiger partial charge in [0.05, 0.1) is 28.1 Å². The molecule has 0 spiro atoms. The summed E-state index contributed by atoms with van der Waals surface area (Å²) in [5.74, 6) is 0.0217. The number of benzene rings is 2. The largest absolute Gasteiger partial charge is 0.329 e. The summed E-state index contributed by atoms with van der Waals surface area (Å²) in [5, 5.41) is 0. The van der Waals surface area contributed by atoms with Crippen LogP contribution in [0.4, 0.5) is 11.4 Å². The highest BCUT2D eigenvalue weighted by molar-refractivity contribution is 7.91. The van der Waals surface area contributed by atoms with Crippen LogP contribution in [0, 0.1) is 5.92 Å². The third-order valence-electron chi connectivity index (χ3n) is 5.88. The zero-order valence-corrected chi connectivity index (χ0v) is 18.6. The average Bonchev–Trinajstić information content (AvgIpc) is 3.57. The summed E-state index contributed by atoms with van der Waals surface area (Å²) in [6.07, 6.45) is 1.82. The van der Waals surface area contributed by atoms with E-state index in [2.05, 4.69) is 0 Å². The molecule has 1 saturated carbocycles. The Balaban J connectivity index is 1.74. The predicted octanol–water partition coefficient (Wildman–Crippen LogP) is 2.58. The minimum Gasteiger partial charge on any atom is -0.329 e. The molecule has 0 bridgehead atoms. The van der Waals surface area contributed by atoms with Crippen LogP contribution in [0.15, 0.2) is 47.4 Å². The lowest BCUT2D eigenvalue weighted by molar-refractivity contribution is -0.120. The van der Waals surface area contributed by atoms with Crippen molar-refractivity contribution in [2.45, 2.75) is 37.6 Å². The van der Waals surface area contributed by atoms with Gasteiger partial charge in [-0.05, 0) is 55.2 Å². The number of anilines is 2. The minimum atomic E-state index is -3.39. The molecule has 2 amide bonds. The third kappa shape index (κ3) is 4.09. The van der Waals surface area contributed by atoms with Crippen molar-refractivity contribution in [3.63, 3.8) is 0 Å². The van der Waals surface area contributed by atoms with Crippen LogP contribution >= 0.6 is 0 Å². The summed E-state index contributed by atoms with van der Waals surface area (Å²) in [5.41, 5.74) is 8.55. The molecule has 1 fully saturated rings. The van der Waals surface area contributed by atoms with E-state index in [1.165, 1.54) is 6.92 Å². The number of fused-ring (bicyclic) bond motifs is 1. The molecule has 1 aliphatic heterocycles. The summed E-state index contributed by atoms with van der Waals surface area (Å²) in [6, 6.07) is 12.3. The maximum Gasteiger partial charge on any atom is 0.230 e. The van der Waals surface area contributed by atoms with E-state index in [-0.39, 0.29) is 41.0 Å². The van der Waals surface area contributed by atoms with Crippen molar-refractivity contribution in [3.8, 4) is 11.1 Å². The summed E-state index contributed by atoms with van der Waals surface area (Å²) < 4.78 is 24.5. The van der Waals surface area contributed by atoms with Crippen LogP contribution < -0.4 is 15.5 Å². The second kappa shape index (κ2) is 8.09. The number of carbonyl (C=O) groups excluding carboxylic acids is 2. The van der Waals surface area contributed by atoms with E-state index in [4.69, 9.17) is 5.73 Å². The fraction of sp³-hybridized carbons (Fsp3) is 0.391. The van der Waals surface area contributed by atoms with Crippen molar-refractivity contribution in [3.05, 3.63) is 42.5 Å². The molecule has 0 aromatic heterocycles. The van der Waals surface area contributed by atoms with Gasteiger partial charge in [0, 0.05) is 25.9 Å². The molecule has 1 aliphatic carbocycles. The van der Waals surface area contributed by atoms with Crippen molar-refractivity contribution in [2.24, 2.45) is 11.7 Å². The van der Waals surface area contributed by atoms with Crippen molar-refractivity contribution in [2.75, 3.05) is 28.6 Å². The second-order valence-corrected chi connectivity index (χ2v) is 10.4. The van der Waals surface area contributed by atoms with Crippen LogP contribution in [0.2, 0.25) is 0 Å². The molecule has 0 unspecified atom stereocenters. The van der Waals surface area contributed by atoms with Gasteiger partial charge in [-0.1, -0.05) is 18.2 Å². The molecule has 2 N–H and O–H groups in total. The SMILES string of the molecule is CC(=O)N1c2ccc(-c3ccc(S(=O)(=O)CCN)cc3)cc2N(C(=O)C2CC2)C[C@@H]1C. The van der Waals surface area contributed by atoms with Gasteiger partial charge in [0.1, 0.15) is 0 Å². The van der Waals surface area contributed by atoms with Gasteiger partial charge >= 0.3 is 0 Å². The molecule has 2 aliphatic rings. The van der Waals surface area contributed by atoms with Gasteiger partial charge in [0.25, 0.3) is 0 Å². The average molecular weight is 442 g/mol. The normalized spacial score (nSPS) is 18.6. The first kappa shape index (κ1) is 21.5. The zero-order chi connectivity index (χ0) is 22.3. The van der Waals surface area contributed by atoms with Gasteiger partial charge in [-0.25, -0.2) is 8.42 Å². The predicted molar refractivity (Wildman–Crippen MR) is 121 cm³/mol. The number of carbonyl (C=O) groups is 2. The molecular formula is C23H27N3O4S. The topological polar surface area (TPSA) is 101 Å². The molecule has 1 heterocycles. The van der Waals surface area contributed by atoms with Crippen molar-refractivity contribution in [1.82, 2.24) is 0 Å². The van der Waals surface area contributed by atoms with E-state index in [9.17, 15) is 18.0 Å². The first-order valence-corrected chi connectivity index (χ1v) is 12.2. The lowest BCUT2D eigenvalue weighted by atomic mass is 10.00. The van der Waals surface area contributed by atoms with Gasteiger partial charge in [0.2, 0.25) is 11.8 Å². The lowest BCUT2D eigenvalue weighted by Crippen LogP contribution is -2.51. The van der Waals surface area contributed by atoms with Crippen molar-refractivity contribution >= 4 is 33.0 Å². The molecule has 8 heteroatoms. The van der Waals surface area contributed by atoms with Crippen LogP contribution in [-0.4, -0.2) is 45.1 Å². The fourth-order valence-electron chi connectivity index (χ4n) is 4.17. The van der Waals surface area contributed by atoms with Gasteiger partial charge in [-0.2, -0.15) is 0 Å². The summed E-state index contributed by atoms with van der Waals surface area (Å²) in [7, 11) is -3.39. The number of sulfone groups is 1. The first-order chi connectivity index (χ1) is 14.7. The zero-order valence-electron chi connectivity index (χ0n) is 17.7. The summed E-state index contributed by atoms with van der Waals surface area (Å²) >= 11 is 0. The highest BCUT2D eigenvalue weighted by Crippen LogP contribution is 2.42. The molecule has 1 atom stereocenters. The van der Waals surface area contributed by atoms with Crippen LogP contribution in [0.5, 0.6) is 0 Å². The molecule has 7 nitrogen and oxygen atoms in total. The Hall–Kier alpha value is -2.71. The van der Waals surface area contributed by atoms with E-state index in [1.54, 1.807) is 34.1 Å². The van der Waals surface area contributed by atoms with Gasteiger partial charge in [-0.3, -0.25) is 9.59 Å². The molecule has 0 saturated heterocycles. The fourth-order valence-corrected chi connectivity index (χ4v) is 5.27. The number of hydrogen-bond donors (Lipinski definition) is 1. The molecule has 2 aromatic carbocycles. The Morgan fingerprint density at radius 1 is 1.03 bits per heavy atom. The number of nitrogens with zero attached hydrogens (tertiary/aromatic N) is 2. The maximum absolute atomic E-state index is 13.0. The van der Waals surface area contributed by atoms with Crippen molar-refractivity contribution in [1.29, 1.82) is 0 Å². The van der Waals surface area contributed by atoms with Gasteiger partial charge < -0.3 is 15.5 Å². The Morgan fingerprint density at radius 2 is 1.68 bits per heavy atom. The quantitative estimate of drug-likeness (QED) is 0.769. The van der Waals surface area contributed by atoms with Crippen molar-refractivity contribution < 1.29 is 18.0 Å². The van der Waals surface area contributed by atoms with Crippen LogP contribution in [0.25, 0.3) is 11.1 Å². The van der Waals surface area contributed by atoms with Crippen LogP contribution in [0.1, 0.15) is 26.7 Å². The smallest absolute Gasteiger partial charge is 0.230 e. The minimum absolute atomic E-state index is 0.0607. The Bertz CT molecular complexity index is 1120. The standard InChI is InChI=1S/C23H27N3O4S/c1-15-14-25(23(28)18-3-4-18)22-13-19(7-10-21(22)26(15)16(2)27)17-5-8-20(9-6-17)31(29,30)12-11-24/h5-10,13,15,18H,3-4,11-12,14,24H2,1-2H3/t15-/m0/s1. The second-order valence-electron chi connectivity index (χ2n) is 8.30. The highest BCUT2D eigenvalue weighted by atomic mass is 32.2. The maximum atomic E-state index is 13.0. The Labute approximate surface area is 182 Å². The Kier molecular flexibility index (Phi) is 5.61. The molecule has 31 heavy (non-hydrogen) atoms. The highest BCUT2D eigenvalue weighted by Gasteiger charge is 2.39. The molecular weight excluding hydrogens is 414 g/mol. The van der Waals surface area contributed by atoms with Crippen LogP contribution in [-0.2, 0) is 19.4 Å². The monoisotopic (exact) mass is 441 g/mol. The van der Waals surface area contributed by atoms with E-state index in [1.807, 2.05) is 25.1 Å². The third-order valence-corrected chi connectivity index (χ3v) is 7.64. The van der Waals surface area contributed by atoms with Gasteiger partial charge in [-0.15, -0.1) is 0 Å². The molecule has 164 valence electrons. The first-order valence-electron chi connectivity index (χ1n) is 10.5. The number of hydrogen-bond acceptors (Lipinski definition) is 5. The van der Waals surface area contributed by atoms with E-state index in [0.29, 0.717) is 6.54 Å². The number of nitrogens with two attached hydrogens (primary N) is 1. The Morgan fingerprint density at radius 3 is 2.26 bits per heavy atom. The molecule has 2 aromatic rings. The number of rotatable bonds is 5. The number of amides is 2. The molecule has 4 rings (SSSR count). The van der Waals surface area contributed by atoms with E-state index >= 15 is 0 Å². The van der Waals surface area contributed by atoms with E-state index < -0.39 is 9.84 Å². The molecule has 0 radical (unpaired) electrons. The van der Waals surface area contributed by atoms with Gasteiger partial charge in [0.15, 0.2) is 9.84 Å². The van der Waals surface area contributed by atoms with E-state index in [0.717, 1.165) is 35.3 Å². The summed E-state index contributed by atoms with van der Waals surface area (Å²) in [6.45, 7) is 4.02. The van der Waals surface area contributed by atoms with Crippen LogP contribution in [0.3, 0.4) is 0 Å². The summed E-state index contributed by atoms with van der Waals surface area (Å²) in [4.78, 5) is 29.0. The lowest BCUT2D eigenvalue weighted by Gasteiger charge is -2.41.